The van der Waals surface area contributed by atoms with Crippen LogP contribution < -0.4 is 0 Å². The number of ether oxygens (including phenoxy) is 3. The van der Waals surface area contributed by atoms with Gasteiger partial charge in [0.1, 0.15) is 13.2 Å². The molecular weight excluding hydrogens is 781 g/mol. The van der Waals surface area contributed by atoms with Crippen LogP contribution in [0, 0.1) is 0 Å². The third kappa shape index (κ3) is 49.5. The fraction of sp³-hybridized carbons (Fsp3) is 0.702. The van der Waals surface area contributed by atoms with E-state index in [9.17, 15) is 14.4 Å². The van der Waals surface area contributed by atoms with Gasteiger partial charge in [0.15, 0.2) is 6.10 Å². The van der Waals surface area contributed by atoms with E-state index in [0.29, 0.717) is 19.3 Å². The number of rotatable bonds is 46. The summed E-state index contributed by atoms with van der Waals surface area (Å²) >= 11 is 0. The summed E-state index contributed by atoms with van der Waals surface area (Å²) in [5.41, 5.74) is 0. The van der Waals surface area contributed by atoms with E-state index in [2.05, 4.69) is 106 Å². The van der Waals surface area contributed by atoms with Crippen molar-refractivity contribution in [3.63, 3.8) is 0 Å². The van der Waals surface area contributed by atoms with Crippen molar-refractivity contribution in [2.45, 2.75) is 245 Å². The van der Waals surface area contributed by atoms with E-state index in [-0.39, 0.29) is 31.1 Å². The molecule has 1 atom stereocenters. The molecule has 0 aromatic carbocycles. The summed E-state index contributed by atoms with van der Waals surface area (Å²) in [6.07, 6.45) is 65.7. The van der Waals surface area contributed by atoms with Gasteiger partial charge in [-0.2, -0.15) is 0 Å². The first-order valence-corrected chi connectivity index (χ1v) is 26.1. The summed E-state index contributed by atoms with van der Waals surface area (Å²) in [7, 11) is 0. The van der Waals surface area contributed by atoms with E-state index in [0.717, 1.165) is 122 Å². The van der Waals surface area contributed by atoms with Gasteiger partial charge in [-0.25, -0.2) is 0 Å². The third-order valence-corrected chi connectivity index (χ3v) is 10.9. The number of carbonyl (C=O) groups excluding carboxylic acids is 3. The maximum Gasteiger partial charge on any atom is 0.306 e. The first-order valence-electron chi connectivity index (χ1n) is 26.1. The molecule has 6 nitrogen and oxygen atoms in total. The topological polar surface area (TPSA) is 78.9 Å². The Labute approximate surface area is 388 Å². The van der Waals surface area contributed by atoms with Crippen molar-refractivity contribution in [2.24, 2.45) is 0 Å². The van der Waals surface area contributed by atoms with Crippen LogP contribution in [0.5, 0.6) is 0 Å². The molecule has 0 aromatic rings. The van der Waals surface area contributed by atoms with E-state index >= 15 is 0 Å². The second kappa shape index (κ2) is 51.2. The van der Waals surface area contributed by atoms with Crippen LogP contribution in [0.2, 0.25) is 0 Å². The lowest BCUT2D eigenvalue weighted by molar-refractivity contribution is -0.167. The lowest BCUT2D eigenvalue weighted by Crippen LogP contribution is -2.30. The summed E-state index contributed by atoms with van der Waals surface area (Å²) in [6, 6.07) is 0. The molecule has 0 aromatic heterocycles. The molecule has 63 heavy (non-hydrogen) atoms. The van der Waals surface area contributed by atoms with Crippen molar-refractivity contribution in [3.05, 3.63) is 85.1 Å². The molecule has 0 rings (SSSR count). The van der Waals surface area contributed by atoms with Crippen LogP contribution in [0.25, 0.3) is 0 Å². The zero-order chi connectivity index (χ0) is 45.8. The van der Waals surface area contributed by atoms with Crippen LogP contribution in [0.3, 0.4) is 0 Å². The van der Waals surface area contributed by atoms with E-state index in [1.807, 2.05) is 0 Å². The first-order chi connectivity index (χ1) is 31.0. The normalized spacial score (nSPS) is 12.7. The van der Waals surface area contributed by atoms with Gasteiger partial charge < -0.3 is 14.2 Å². The molecule has 0 saturated heterocycles. The molecule has 0 N–H and O–H groups in total. The number of unbranched alkanes of at least 4 members (excludes halogenated alkanes) is 21. The quantitative estimate of drug-likeness (QED) is 0.0262. The highest BCUT2D eigenvalue weighted by atomic mass is 16.6. The van der Waals surface area contributed by atoms with Gasteiger partial charge in [-0.05, 0) is 89.9 Å². The third-order valence-electron chi connectivity index (χ3n) is 10.9. The van der Waals surface area contributed by atoms with Gasteiger partial charge in [0.05, 0.1) is 0 Å². The van der Waals surface area contributed by atoms with Gasteiger partial charge in [-0.3, -0.25) is 14.4 Å². The molecular formula is C57H96O6. The lowest BCUT2D eigenvalue weighted by atomic mass is 10.0. The van der Waals surface area contributed by atoms with Crippen LogP contribution in [-0.4, -0.2) is 37.2 Å². The molecule has 360 valence electrons. The lowest BCUT2D eigenvalue weighted by Gasteiger charge is -2.18. The zero-order valence-corrected chi connectivity index (χ0v) is 41.1. The highest BCUT2D eigenvalue weighted by Crippen LogP contribution is 2.14. The molecule has 0 bridgehead atoms. The predicted octanol–water partition coefficient (Wildman–Crippen LogP) is 17.2. The van der Waals surface area contributed by atoms with Crippen LogP contribution in [0.15, 0.2) is 85.1 Å². The molecule has 6 heteroatoms. The van der Waals surface area contributed by atoms with Crippen molar-refractivity contribution in [2.75, 3.05) is 13.2 Å². The van der Waals surface area contributed by atoms with Crippen molar-refractivity contribution < 1.29 is 28.6 Å². The van der Waals surface area contributed by atoms with Gasteiger partial charge in [-0.1, -0.05) is 215 Å². The molecule has 0 fully saturated rings. The highest BCUT2D eigenvalue weighted by Gasteiger charge is 2.19. The second-order valence-electron chi connectivity index (χ2n) is 17.1. The molecule has 0 amide bonds. The number of esters is 3. The summed E-state index contributed by atoms with van der Waals surface area (Å²) in [6.45, 7) is 6.42. The minimum Gasteiger partial charge on any atom is -0.462 e. The summed E-state index contributed by atoms with van der Waals surface area (Å²) in [4.78, 5) is 37.9. The van der Waals surface area contributed by atoms with Crippen molar-refractivity contribution >= 4 is 17.9 Å². The molecule has 0 aliphatic carbocycles. The standard InChI is InChI=1S/C57H96O6/c1-4-7-10-13-16-19-22-24-25-26-27-28-29-30-31-32-33-34-36-38-41-44-47-50-56(59)62-53-54(52-61-55(58)49-46-43-40-37-21-18-15-12-9-6-3)63-57(60)51-48-45-42-39-35-23-20-17-14-11-8-5-2/h7,10,12,15-16,19,24-25,27-28,30-31,33-34,54H,4-6,8-9,11,13-14,17-18,20-23,26,29,32,35-53H2,1-3H3/b10-7-,15-12-,19-16-,25-24-,28-27-,31-30-,34-33-. The van der Waals surface area contributed by atoms with E-state index < -0.39 is 6.10 Å². The average molecular weight is 877 g/mol. The Morgan fingerprint density at radius 3 is 1.05 bits per heavy atom. The van der Waals surface area contributed by atoms with Crippen LogP contribution in [0.1, 0.15) is 239 Å². The van der Waals surface area contributed by atoms with Gasteiger partial charge in [0.25, 0.3) is 0 Å². The summed E-state index contributed by atoms with van der Waals surface area (Å²) in [5.74, 6) is -0.924. The fourth-order valence-electron chi connectivity index (χ4n) is 6.98. The van der Waals surface area contributed by atoms with Gasteiger partial charge in [-0.15, -0.1) is 0 Å². The molecule has 0 radical (unpaired) electrons. The Morgan fingerprint density at radius 1 is 0.333 bits per heavy atom. The summed E-state index contributed by atoms with van der Waals surface area (Å²) < 4.78 is 16.7. The molecule has 0 aliphatic rings. The van der Waals surface area contributed by atoms with Crippen LogP contribution in [-0.2, 0) is 28.6 Å². The van der Waals surface area contributed by atoms with E-state index in [4.69, 9.17) is 14.2 Å². The minimum absolute atomic E-state index is 0.0883. The Hall–Kier alpha value is -3.41. The fourth-order valence-corrected chi connectivity index (χ4v) is 6.98. The van der Waals surface area contributed by atoms with Crippen LogP contribution >= 0.6 is 0 Å². The summed E-state index contributed by atoms with van der Waals surface area (Å²) in [5, 5.41) is 0. The molecule has 0 spiro atoms. The number of carbonyl (C=O) groups is 3. The maximum atomic E-state index is 12.8. The largest absolute Gasteiger partial charge is 0.462 e. The Bertz CT molecular complexity index is 1240. The Balaban J connectivity index is 4.35. The van der Waals surface area contributed by atoms with Crippen molar-refractivity contribution in [1.29, 1.82) is 0 Å². The highest BCUT2D eigenvalue weighted by molar-refractivity contribution is 5.71. The van der Waals surface area contributed by atoms with Gasteiger partial charge in [0.2, 0.25) is 0 Å². The Kier molecular flexibility index (Phi) is 48.5. The zero-order valence-electron chi connectivity index (χ0n) is 41.1. The van der Waals surface area contributed by atoms with Gasteiger partial charge in [0, 0.05) is 19.3 Å². The number of allylic oxidation sites excluding steroid dienone is 14. The smallest absolute Gasteiger partial charge is 0.306 e. The first kappa shape index (κ1) is 59.6. The van der Waals surface area contributed by atoms with E-state index in [1.54, 1.807) is 0 Å². The number of hydrogen-bond donors (Lipinski definition) is 0. The number of hydrogen-bond acceptors (Lipinski definition) is 6. The van der Waals surface area contributed by atoms with Crippen molar-refractivity contribution in [1.82, 2.24) is 0 Å². The van der Waals surface area contributed by atoms with Crippen LogP contribution in [0.4, 0.5) is 0 Å². The minimum atomic E-state index is -0.787. The molecule has 0 saturated carbocycles. The van der Waals surface area contributed by atoms with E-state index in [1.165, 1.54) is 77.0 Å². The van der Waals surface area contributed by atoms with Gasteiger partial charge >= 0.3 is 17.9 Å². The SMILES string of the molecule is CC/C=C\C/C=C\C/C=C\C/C=C\C/C=C\C/C=C\CCCCCCC(=O)OCC(COC(=O)CCCCCCC/C=C\CCC)OC(=O)CCCCCCCCCCCCCC. The molecule has 0 aliphatic heterocycles. The van der Waals surface area contributed by atoms with Crippen molar-refractivity contribution in [3.8, 4) is 0 Å². The molecule has 1 unspecified atom stereocenters. The predicted molar refractivity (Wildman–Crippen MR) is 270 cm³/mol. The Morgan fingerprint density at radius 2 is 0.651 bits per heavy atom. The maximum absolute atomic E-state index is 12.8. The monoisotopic (exact) mass is 877 g/mol. The molecule has 0 heterocycles. The average Bonchev–Trinajstić information content (AvgIpc) is 3.28. The second-order valence-corrected chi connectivity index (χ2v) is 17.1.